The highest BCUT2D eigenvalue weighted by Crippen LogP contribution is 2.64. The molecule has 5 heteroatoms. The second-order valence-electron chi connectivity index (χ2n) is 7.41. The molecule has 4 unspecified atom stereocenters. The Hall–Kier alpha value is -1.59. The number of phenolic OH excluding ortho intramolecular Hbond substituents is 1. The van der Waals surface area contributed by atoms with Crippen molar-refractivity contribution in [1.29, 1.82) is 0 Å². The van der Waals surface area contributed by atoms with E-state index >= 15 is 0 Å². The summed E-state index contributed by atoms with van der Waals surface area (Å²) in [6, 6.07) is 3.61. The topological polar surface area (TPSA) is 70.0 Å². The van der Waals surface area contributed by atoms with Gasteiger partial charge in [0, 0.05) is 18.0 Å². The summed E-state index contributed by atoms with van der Waals surface area (Å²) in [5, 5.41) is 22.0. The molecule has 2 aliphatic heterocycles. The minimum absolute atomic E-state index is 0.0171. The van der Waals surface area contributed by atoms with Crippen LogP contribution in [0.1, 0.15) is 37.3 Å². The number of ether oxygens (including phenoxy) is 1. The summed E-state index contributed by atoms with van der Waals surface area (Å²) in [6.45, 7) is 3.86. The monoisotopic (exact) mass is 315 g/mol. The predicted octanol–water partition coefficient (Wildman–Crippen LogP) is 1.14. The first-order valence-electron chi connectivity index (χ1n) is 8.54. The van der Waals surface area contributed by atoms with Gasteiger partial charge in [0.05, 0.1) is 11.0 Å². The third-order valence-electron chi connectivity index (χ3n) is 6.77. The van der Waals surface area contributed by atoms with E-state index in [2.05, 4.69) is 11.8 Å². The highest BCUT2D eigenvalue weighted by atomic mass is 16.5. The van der Waals surface area contributed by atoms with Crippen LogP contribution in [0.15, 0.2) is 12.1 Å². The van der Waals surface area contributed by atoms with Crippen LogP contribution in [0.3, 0.4) is 0 Å². The van der Waals surface area contributed by atoms with E-state index in [1.165, 1.54) is 0 Å². The third-order valence-corrected chi connectivity index (χ3v) is 6.77. The molecule has 0 radical (unpaired) electrons. The van der Waals surface area contributed by atoms with Crippen LogP contribution in [-0.4, -0.2) is 51.7 Å². The third kappa shape index (κ3) is 1.32. The van der Waals surface area contributed by atoms with E-state index in [-0.39, 0.29) is 17.6 Å². The molecule has 1 saturated heterocycles. The molecule has 2 fully saturated rings. The maximum absolute atomic E-state index is 12.6. The molecule has 1 saturated carbocycles. The maximum Gasteiger partial charge on any atom is 0.174 e. The Morgan fingerprint density at radius 2 is 2.22 bits per heavy atom. The van der Waals surface area contributed by atoms with Crippen LogP contribution in [0.5, 0.6) is 11.5 Å². The van der Waals surface area contributed by atoms with E-state index in [1.54, 1.807) is 6.07 Å². The number of rotatable bonds is 1. The molecule has 1 spiro atoms. The lowest BCUT2D eigenvalue weighted by atomic mass is 9.49. The highest BCUT2D eigenvalue weighted by Gasteiger charge is 2.72. The number of likely N-dealkylation sites (tertiary alicyclic amines) is 1. The molecule has 4 aliphatic rings. The molecule has 0 amide bonds. The van der Waals surface area contributed by atoms with Gasteiger partial charge in [-0.25, -0.2) is 0 Å². The Balaban J connectivity index is 1.84. The molecule has 23 heavy (non-hydrogen) atoms. The number of hydrogen-bond acceptors (Lipinski definition) is 5. The van der Waals surface area contributed by atoms with Crippen molar-refractivity contribution in [2.45, 2.75) is 55.8 Å². The molecule has 2 bridgehead atoms. The average Bonchev–Trinajstić information content (AvgIpc) is 2.89. The molecule has 2 aliphatic carbocycles. The first kappa shape index (κ1) is 13.8. The fourth-order valence-corrected chi connectivity index (χ4v) is 5.79. The lowest BCUT2D eigenvalue weighted by Crippen LogP contribution is -2.76. The molecular weight excluding hydrogens is 294 g/mol. The van der Waals surface area contributed by atoms with Gasteiger partial charge in [-0.1, -0.05) is 13.0 Å². The number of carbonyl (C=O) groups excluding carboxylic acids is 1. The van der Waals surface area contributed by atoms with Gasteiger partial charge in [0.25, 0.3) is 0 Å². The van der Waals surface area contributed by atoms with Crippen LogP contribution < -0.4 is 4.74 Å². The van der Waals surface area contributed by atoms with Crippen LogP contribution in [0.4, 0.5) is 0 Å². The van der Waals surface area contributed by atoms with Gasteiger partial charge >= 0.3 is 0 Å². The zero-order valence-corrected chi connectivity index (χ0v) is 13.2. The van der Waals surface area contributed by atoms with Crippen molar-refractivity contribution in [3.63, 3.8) is 0 Å². The second kappa shape index (κ2) is 4.08. The van der Waals surface area contributed by atoms with Gasteiger partial charge in [-0.3, -0.25) is 9.69 Å². The zero-order chi connectivity index (χ0) is 16.0. The number of carbonyl (C=O) groups is 1. The van der Waals surface area contributed by atoms with Crippen molar-refractivity contribution in [3.05, 3.63) is 23.3 Å². The number of nitrogens with zero attached hydrogens (tertiary/aromatic N) is 1. The van der Waals surface area contributed by atoms with E-state index < -0.39 is 17.1 Å². The number of Topliss-reactive ketones (excluding diaryl/α,β-unsaturated/α-hetero) is 1. The van der Waals surface area contributed by atoms with Gasteiger partial charge in [-0.05, 0) is 44.0 Å². The van der Waals surface area contributed by atoms with Crippen molar-refractivity contribution in [2.24, 2.45) is 0 Å². The number of aromatic hydroxyl groups is 1. The highest BCUT2D eigenvalue weighted by molar-refractivity contribution is 5.90. The van der Waals surface area contributed by atoms with Crippen LogP contribution in [0.25, 0.3) is 0 Å². The number of ketones is 1. The summed E-state index contributed by atoms with van der Waals surface area (Å²) < 4.78 is 5.98. The van der Waals surface area contributed by atoms with Crippen molar-refractivity contribution in [1.82, 2.24) is 4.90 Å². The summed E-state index contributed by atoms with van der Waals surface area (Å²) in [7, 11) is 0. The molecule has 1 aromatic carbocycles. The van der Waals surface area contributed by atoms with Crippen LogP contribution in [0.2, 0.25) is 0 Å². The minimum Gasteiger partial charge on any atom is -0.504 e. The molecular formula is C18H21NO4. The molecule has 2 N–H and O–H groups in total. The summed E-state index contributed by atoms with van der Waals surface area (Å²) in [4.78, 5) is 14.9. The lowest BCUT2D eigenvalue weighted by molar-refractivity contribution is -0.187. The summed E-state index contributed by atoms with van der Waals surface area (Å²) >= 11 is 0. The molecule has 122 valence electrons. The first-order chi connectivity index (χ1) is 11.0. The minimum atomic E-state index is -0.953. The number of piperidine rings is 1. The first-order valence-corrected chi connectivity index (χ1v) is 8.54. The van der Waals surface area contributed by atoms with E-state index in [0.717, 1.165) is 30.6 Å². The van der Waals surface area contributed by atoms with Crippen LogP contribution >= 0.6 is 0 Å². The Morgan fingerprint density at radius 1 is 1.39 bits per heavy atom. The van der Waals surface area contributed by atoms with Crippen molar-refractivity contribution in [3.8, 4) is 11.5 Å². The van der Waals surface area contributed by atoms with Gasteiger partial charge in [-0.15, -0.1) is 0 Å². The smallest absolute Gasteiger partial charge is 0.174 e. The number of likely N-dealkylation sites (N-methyl/N-ethyl adjacent to an activating group) is 1. The van der Waals surface area contributed by atoms with Gasteiger partial charge < -0.3 is 14.9 Å². The summed E-state index contributed by atoms with van der Waals surface area (Å²) in [5.74, 6) is 0.574. The SMILES string of the molecule is CCN1CCC23c4c5ccc(O)c4OC2C(=O)CCC3(O)C1C5. The van der Waals surface area contributed by atoms with E-state index in [0.29, 0.717) is 25.0 Å². The summed E-state index contributed by atoms with van der Waals surface area (Å²) in [5.41, 5.74) is 0.388. The second-order valence-corrected chi connectivity index (χ2v) is 7.41. The summed E-state index contributed by atoms with van der Waals surface area (Å²) in [6.07, 6.45) is 1.64. The van der Waals surface area contributed by atoms with E-state index in [9.17, 15) is 15.0 Å². The largest absolute Gasteiger partial charge is 0.504 e. The number of phenols is 1. The molecule has 2 heterocycles. The normalized spacial score (nSPS) is 40.7. The molecule has 4 atom stereocenters. The molecule has 1 aromatic rings. The predicted molar refractivity (Wildman–Crippen MR) is 82.7 cm³/mol. The Bertz CT molecular complexity index is 732. The molecule has 5 rings (SSSR count). The van der Waals surface area contributed by atoms with Crippen LogP contribution in [-0.2, 0) is 16.6 Å². The molecule has 0 aromatic heterocycles. The van der Waals surface area contributed by atoms with Gasteiger partial charge in [0.2, 0.25) is 0 Å². The Morgan fingerprint density at radius 3 is 3.00 bits per heavy atom. The zero-order valence-electron chi connectivity index (χ0n) is 13.2. The maximum atomic E-state index is 12.6. The standard InChI is InChI=1S/C18H21NO4/c1-2-19-8-7-17-14-10-3-4-11(20)15(14)23-16(17)12(21)5-6-18(17,22)13(19)9-10/h3-4,13,16,20,22H,2,5-9H2,1H3. The average molecular weight is 315 g/mol. The Kier molecular flexibility index (Phi) is 2.45. The molecule has 5 nitrogen and oxygen atoms in total. The number of aliphatic hydroxyl groups is 1. The quantitative estimate of drug-likeness (QED) is 0.813. The van der Waals surface area contributed by atoms with Gasteiger partial charge in [0.1, 0.15) is 0 Å². The van der Waals surface area contributed by atoms with Gasteiger partial charge in [-0.2, -0.15) is 0 Å². The van der Waals surface area contributed by atoms with E-state index in [4.69, 9.17) is 4.74 Å². The van der Waals surface area contributed by atoms with Crippen molar-refractivity contribution in [2.75, 3.05) is 13.1 Å². The number of benzene rings is 1. The van der Waals surface area contributed by atoms with Gasteiger partial charge in [0.15, 0.2) is 23.4 Å². The fourth-order valence-electron chi connectivity index (χ4n) is 5.79. The lowest BCUT2D eigenvalue weighted by Gasteiger charge is -2.62. The Labute approximate surface area is 134 Å². The van der Waals surface area contributed by atoms with Crippen LogP contribution in [0, 0.1) is 0 Å². The number of hydrogen-bond donors (Lipinski definition) is 2. The fraction of sp³-hybridized carbons (Fsp3) is 0.611. The van der Waals surface area contributed by atoms with E-state index in [1.807, 2.05) is 6.07 Å². The van der Waals surface area contributed by atoms with Crippen molar-refractivity contribution >= 4 is 5.78 Å². The van der Waals surface area contributed by atoms with Crippen molar-refractivity contribution < 1.29 is 19.7 Å².